The number of furan rings is 1. The monoisotopic (exact) mass is 344 g/mol. The van der Waals surface area contributed by atoms with Gasteiger partial charge in [0, 0.05) is 13.0 Å². The molecular formula is C14H14F2N2O4S. The summed E-state index contributed by atoms with van der Waals surface area (Å²) in [7, 11) is -4.01. The van der Waals surface area contributed by atoms with E-state index >= 15 is 0 Å². The van der Waals surface area contributed by atoms with Crippen LogP contribution >= 0.6 is 0 Å². The van der Waals surface area contributed by atoms with Gasteiger partial charge in [0.2, 0.25) is 15.9 Å². The molecule has 1 aromatic heterocycles. The third-order valence-corrected chi connectivity index (χ3v) is 4.34. The first kappa shape index (κ1) is 17.1. The average Bonchev–Trinajstić information content (AvgIpc) is 3.01. The number of hydrogen-bond acceptors (Lipinski definition) is 4. The quantitative estimate of drug-likeness (QED) is 0.797. The van der Waals surface area contributed by atoms with Crippen molar-refractivity contribution >= 4 is 15.9 Å². The lowest BCUT2D eigenvalue weighted by molar-refractivity contribution is -0.121. The van der Waals surface area contributed by atoms with E-state index in [1.165, 1.54) is 6.26 Å². The van der Waals surface area contributed by atoms with Crippen molar-refractivity contribution in [2.75, 3.05) is 6.54 Å². The zero-order chi connectivity index (χ0) is 16.9. The molecule has 1 heterocycles. The van der Waals surface area contributed by atoms with E-state index in [1.54, 1.807) is 12.1 Å². The van der Waals surface area contributed by atoms with Gasteiger partial charge in [-0.25, -0.2) is 21.9 Å². The second-order valence-corrected chi connectivity index (χ2v) is 6.35. The van der Waals surface area contributed by atoms with E-state index in [2.05, 4.69) is 10.0 Å². The molecule has 2 rings (SSSR count). The fraction of sp³-hybridized carbons (Fsp3) is 0.214. The Morgan fingerprint density at radius 1 is 1.17 bits per heavy atom. The number of halogens is 2. The number of sulfonamides is 1. The topological polar surface area (TPSA) is 88.4 Å². The standard InChI is InChI=1S/C14H14F2N2O4S/c15-12-4-3-11(8-13(12)16)23(20,21)18-6-5-14(19)17-9-10-2-1-7-22-10/h1-4,7-8,18H,5-6,9H2,(H,17,19). The van der Waals surface area contributed by atoms with Crippen molar-refractivity contribution in [2.45, 2.75) is 17.9 Å². The Morgan fingerprint density at radius 3 is 2.61 bits per heavy atom. The summed E-state index contributed by atoms with van der Waals surface area (Å²) in [5.74, 6) is -2.21. The molecule has 0 saturated carbocycles. The third-order valence-electron chi connectivity index (χ3n) is 2.89. The van der Waals surface area contributed by atoms with E-state index in [0.717, 1.165) is 12.1 Å². The fourth-order valence-corrected chi connectivity index (χ4v) is 2.76. The minimum Gasteiger partial charge on any atom is -0.467 e. The molecule has 0 saturated heterocycles. The summed E-state index contributed by atoms with van der Waals surface area (Å²) in [5.41, 5.74) is 0. The maximum Gasteiger partial charge on any atom is 0.240 e. The van der Waals surface area contributed by atoms with Crippen molar-refractivity contribution in [3.05, 3.63) is 54.0 Å². The number of rotatable bonds is 7. The molecule has 124 valence electrons. The van der Waals surface area contributed by atoms with Crippen LogP contribution in [0.4, 0.5) is 8.78 Å². The molecule has 0 aliphatic carbocycles. The summed E-state index contributed by atoms with van der Waals surface area (Å²) in [6.07, 6.45) is 1.36. The van der Waals surface area contributed by atoms with E-state index in [9.17, 15) is 22.0 Å². The maximum absolute atomic E-state index is 13.1. The van der Waals surface area contributed by atoms with Crippen LogP contribution < -0.4 is 10.0 Å². The lowest BCUT2D eigenvalue weighted by atomic mass is 10.3. The van der Waals surface area contributed by atoms with Gasteiger partial charge in [0.25, 0.3) is 0 Å². The minimum atomic E-state index is -4.01. The van der Waals surface area contributed by atoms with Crippen molar-refractivity contribution in [2.24, 2.45) is 0 Å². The highest BCUT2D eigenvalue weighted by molar-refractivity contribution is 7.89. The molecule has 1 amide bonds. The summed E-state index contributed by atoms with van der Waals surface area (Å²) in [6, 6.07) is 5.61. The third kappa shape index (κ3) is 4.86. The number of carbonyl (C=O) groups is 1. The zero-order valence-corrected chi connectivity index (χ0v) is 12.7. The van der Waals surface area contributed by atoms with Crippen molar-refractivity contribution in [3.63, 3.8) is 0 Å². The van der Waals surface area contributed by atoms with Gasteiger partial charge in [0.15, 0.2) is 11.6 Å². The Kier molecular flexibility index (Phi) is 5.45. The summed E-state index contributed by atoms with van der Waals surface area (Å²) in [4.78, 5) is 11.2. The highest BCUT2D eigenvalue weighted by atomic mass is 32.2. The van der Waals surface area contributed by atoms with Crippen LogP contribution in [0.15, 0.2) is 45.9 Å². The van der Waals surface area contributed by atoms with Crippen LogP contribution in [0.1, 0.15) is 12.2 Å². The van der Waals surface area contributed by atoms with Crippen LogP contribution in [0.25, 0.3) is 0 Å². The summed E-state index contributed by atoms with van der Waals surface area (Å²) in [5, 5.41) is 2.55. The van der Waals surface area contributed by atoms with Gasteiger partial charge >= 0.3 is 0 Å². The Hall–Kier alpha value is -2.26. The number of carbonyl (C=O) groups excluding carboxylic acids is 1. The first-order chi connectivity index (χ1) is 10.9. The van der Waals surface area contributed by atoms with E-state index in [1.807, 2.05) is 0 Å². The summed E-state index contributed by atoms with van der Waals surface area (Å²) < 4.78 is 56.8. The van der Waals surface area contributed by atoms with E-state index in [4.69, 9.17) is 4.42 Å². The van der Waals surface area contributed by atoms with Gasteiger partial charge in [-0.1, -0.05) is 0 Å². The van der Waals surface area contributed by atoms with Crippen molar-refractivity contribution in [1.82, 2.24) is 10.0 Å². The zero-order valence-electron chi connectivity index (χ0n) is 11.9. The second-order valence-electron chi connectivity index (χ2n) is 4.58. The number of amides is 1. The average molecular weight is 344 g/mol. The van der Waals surface area contributed by atoms with Crippen LogP contribution in [0, 0.1) is 11.6 Å². The SMILES string of the molecule is O=C(CCNS(=O)(=O)c1ccc(F)c(F)c1)NCc1ccco1. The Balaban J connectivity index is 1.82. The van der Waals surface area contributed by atoms with Gasteiger partial charge in [-0.2, -0.15) is 0 Å². The molecule has 0 unspecified atom stereocenters. The number of hydrogen-bond donors (Lipinski definition) is 2. The molecule has 9 heteroatoms. The van der Waals surface area contributed by atoms with Gasteiger partial charge in [-0.15, -0.1) is 0 Å². The molecule has 0 fully saturated rings. The predicted octanol–water partition coefficient (Wildman–Crippen LogP) is 1.54. The lowest BCUT2D eigenvalue weighted by Gasteiger charge is -2.07. The smallest absolute Gasteiger partial charge is 0.240 e. The molecule has 0 radical (unpaired) electrons. The second kappa shape index (κ2) is 7.34. The summed E-state index contributed by atoms with van der Waals surface area (Å²) >= 11 is 0. The molecule has 0 atom stereocenters. The van der Waals surface area contributed by atoms with Gasteiger partial charge < -0.3 is 9.73 Å². The Bertz CT molecular complexity index is 776. The van der Waals surface area contributed by atoms with Gasteiger partial charge in [0.05, 0.1) is 17.7 Å². The van der Waals surface area contributed by atoms with Crippen molar-refractivity contribution in [1.29, 1.82) is 0 Å². The Morgan fingerprint density at radius 2 is 1.96 bits per heavy atom. The molecule has 0 aliphatic rings. The van der Waals surface area contributed by atoms with Crippen LogP contribution in [0.3, 0.4) is 0 Å². The largest absolute Gasteiger partial charge is 0.467 e. The van der Waals surface area contributed by atoms with E-state index in [-0.39, 0.29) is 25.4 Å². The molecular weight excluding hydrogens is 330 g/mol. The molecule has 2 N–H and O–H groups in total. The highest BCUT2D eigenvalue weighted by Crippen LogP contribution is 2.13. The van der Waals surface area contributed by atoms with Gasteiger partial charge in [-0.3, -0.25) is 4.79 Å². The fourth-order valence-electron chi connectivity index (χ4n) is 1.71. The normalized spacial score (nSPS) is 11.4. The maximum atomic E-state index is 13.1. The Labute approximate surface area is 131 Å². The van der Waals surface area contributed by atoms with Gasteiger partial charge in [-0.05, 0) is 30.3 Å². The highest BCUT2D eigenvalue weighted by Gasteiger charge is 2.16. The molecule has 0 spiro atoms. The molecule has 2 aromatic rings. The first-order valence-electron chi connectivity index (χ1n) is 6.62. The number of benzene rings is 1. The molecule has 23 heavy (non-hydrogen) atoms. The summed E-state index contributed by atoms with van der Waals surface area (Å²) in [6.45, 7) is 0.0209. The van der Waals surface area contributed by atoms with Gasteiger partial charge in [0.1, 0.15) is 5.76 Å². The minimum absolute atomic E-state index is 0.108. The van der Waals surface area contributed by atoms with E-state index < -0.39 is 26.6 Å². The first-order valence-corrected chi connectivity index (χ1v) is 8.10. The predicted molar refractivity (Wildman–Crippen MR) is 76.7 cm³/mol. The number of nitrogens with one attached hydrogen (secondary N) is 2. The molecule has 0 aliphatic heterocycles. The van der Waals surface area contributed by atoms with Crippen molar-refractivity contribution < 1.29 is 26.4 Å². The molecule has 6 nitrogen and oxygen atoms in total. The van der Waals surface area contributed by atoms with Crippen molar-refractivity contribution in [3.8, 4) is 0 Å². The van der Waals surface area contributed by atoms with Crippen LogP contribution in [-0.2, 0) is 21.4 Å². The van der Waals surface area contributed by atoms with E-state index in [0.29, 0.717) is 11.8 Å². The lowest BCUT2D eigenvalue weighted by Crippen LogP contribution is -2.30. The van der Waals surface area contributed by atoms with Crippen LogP contribution in [0.2, 0.25) is 0 Å². The molecule has 0 bridgehead atoms. The van der Waals surface area contributed by atoms with Crippen LogP contribution in [0.5, 0.6) is 0 Å². The molecule has 1 aromatic carbocycles. The van der Waals surface area contributed by atoms with Crippen LogP contribution in [-0.4, -0.2) is 20.9 Å².